The van der Waals surface area contributed by atoms with Gasteiger partial charge < -0.3 is 4.57 Å². The zero-order chi connectivity index (χ0) is 11.6. The molecule has 84 valence electrons. The van der Waals surface area contributed by atoms with Gasteiger partial charge in [-0.25, -0.2) is 0 Å². The highest BCUT2D eigenvalue weighted by Crippen LogP contribution is 2.20. The molecule has 0 radical (unpaired) electrons. The summed E-state index contributed by atoms with van der Waals surface area (Å²) >= 11 is 0. The molecule has 0 aliphatic carbocycles. The van der Waals surface area contributed by atoms with Crippen LogP contribution in [-0.2, 0) is 6.54 Å². The Balaban J connectivity index is 3.01. The van der Waals surface area contributed by atoms with Crippen LogP contribution < -0.4 is 0 Å². The first-order valence-electron chi connectivity index (χ1n) is 4.60. The van der Waals surface area contributed by atoms with Crippen molar-refractivity contribution in [1.29, 1.82) is 0 Å². The van der Waals surface area contributed by atoms with E-state index in [1.165, 1.54) is 12.3 Å². The predicted molar refractivity (Wildman–Crippen MR) is 49.8 cm³/mol. The van der Waals surface area contributed by atoms with Crippen molar-refractivity contribution in [2.45, 2.75) is 33.0 Å². The van der Waals surface area contributed by atoms with Crippen molar-refractivity contribution < 1.29 is 18.0 Å². The molecule has 0 N–H and O–H groups in total. The first-order chi connectivity index (χ1) is 6.83. The van der Waals surface area contributed by atoms with Gasteiger partial charge in [0.2, 0.25) is 0 Å². The summed E-state index contributed by atoms with van der Waals surface area (Å²) in [6.45, 7) is 2.18. The van der Waals surface area contributed by atoms with Crippen molar-refractivity contribution in [3.8, 4) is 0 Å². The molecular weight excluding hydrogens is 207 g/mol. The normalized spacial score (nSPS) is 11.8. The molecule has 1 aromatic rings. The molecular formula is C10H12F3NO. The number of Topliss-reactive ketones (excluding diaryl/α,β-unsaturated/α-hetero) is 1. The van der Waals surface area contributed by atoms with Crippen LogP contribution in [0.25, 0.3) is 0 Å². The lowest BCUT2D eigenvalue weighted by molar-refractivity contribution is -0.140. The van der Waals surface area contributed by atoms with Gasteiger partial charge >= 0.3 is 6.18 Å². The van der Waals surface area contributed by atoms with Gasteiger partial charge in [0, 0.05) is 12.6 Å². The predicted octanol–water partition coefficient (Wildman–Crippen LogP) is 2.95. The molecule has 0 saturated heterocycles. The smallest absolute Gasteiger partial charge is 0.336 e. The van der Waals surface area contributed by atoms with Gasteiger partial charge in [-0.1, -0.05) is 6.92 Å². The van der Waals surface area contributed by atoms with Gasteiger partial charge in [0.25, 0.3) is 0 Å². The summed E-state index contributed by atoms with van der Waals surface area (Å²) in [5.74, 6) is -0.271. The number of nitrogens with zero attached hydrogens (tertiary/aromatic N) is 1. The Morgan fingerprint density at radius 1 is 1.47 bits per heavy atom. The first kappa shape index (κ1) is 11.8. The van der Waals surface area contributed by atoms with E-state index in [0.29, 0.717) is 5.56 Å². The number of carbonyl (C=O) groups excluding carboxylic acids is 1. The van der Waals surface area contributed by atoms with Crippen molar-refractivity contribution in [2.24, 2.45) is 0 Å². The number of hydrogen-bond donors (Lipinski definition) is 0. The summed E-state index contributed by atoms with van der Waals surface area (Å²) in [6.07, 6.45) is -2.74. The zero-order valence-corrected chi connectivity index (χ0v) is 8.56. The van der Waals surface area contributed by atoms with E-state index in [1.54, 1.807) is 13.8 Å². The van der Waals surface area contributed by atoms with Crippen molar-refractivity contribution >= 4 is 5.78 Å². The van der Waals surface area contributed by atoms with Crippen molar-refractivity contribution in [2.75, 3.05) is 0 Å². The van der Waals surface area contributed by atoms with E-state index < -0.39 is 12.7 Å². The van der Waals surface area contributed by atoms with E-state index in [0.717, 1.165) is 4.57 Å². The highest BCUT2D eigenvalue weighted by atomic mass is 19.4. The van der Waals surface area contributed by atoms with Gasteiger partial charge in [-0.2, -0.15) is 13.2 Å². The third-order valence-electron chi connectivity index (χ3n) is 1.99. The molecule has 1 rings (SSSR count). The number of ketones is 1. The zero-order valence-electron chi connectivity index (χ0n) is 8.56. The minimum absolute atomic E-state index is 0.132. The molecule has 2 nitrogen and oxygen atoms in total. The van der Waals surface area contributed by atoms with E-state index >= 15 is 0 Å². The number of rotatable bonds is 3. The summed E-state index contributed by atoms with van der Waals surface area (Å²) in [5, 5.41) is 0. The lowest BCUT2D eigenvalue weighted by Gasteiger charge is -2.10. The molecule has 0 amide bonds. The van der Waals surface area contributed by atoms with Crippen LogP contribution >= 0.6 is 0 Å². The van der Waals surface area contributed by atoms with Crippen molar-refractivity contribution in [3.63, 3.8) is 0 Å². The van der Waals surface area contributed by atoms with Gasteiger partial charge in [0.15, 0.2) is 5.78 Å². The van der Waals surface area contributed by atoms with Gasteiger partial charge in [0.05, 0.1) is 5.69 Å². The fraction of sp³-hybridized carbons (Fsp3) is 0.500. The van der Waals surface area contributed by atoms with Crippen LogP contribution in [0.1, 0.15) is 29.4 Å². The number of hydrogen-bond acceptors (Lipinski definition) is 1. The number of aryl methyl sites for hydroxylation is 1. The molecule has 0 aliphatic rings. The first-order valence-corrected chi connectivity index (χ1v) is 4.60. The Hall–Kier alpha value is -1.26. The molecule has 0 aliphatic heterocycles. The summed E-state index contributed by atoms with van der Waals surface area (Å²) < 4.78 is 37.5. The van der Waals surface area contributed by atoms with E-state index in [-0.39, 0.29) is 17.9 Å². The maximum atomic E-state index is 12.2. The molecule has 0 fully saturated rings. The maximum Gasteiger partial charge on any atom is 0.406 e. The Labute approximate surface area is 85.7 Å². The quantitative estimate of drug-likeness (QED) is 0.716. The fourth-order valence-electron chi connectivity index (χ4n) is 1.40. The molecule has 5 heteroatoms. The minimum Gasteiger partial charge on any atom is -0.336 e. The second-order valence-electron chi connectivity index (χ2n) is 3.42. The molecule has 0 spiro atoms. The minimum atomic E-state index is -4.30. The molecule has 0 unspecified atom stereocenters. The van der Waals surface area contributed by atoms with Crippen LogP contribution in [0.4, 0.5) is 13.2 Å². The lowest BCUT2D eigenvalue weighted by Crippen LogP contribution is -2.20. The van der Waals surface area contributed by atoms with Crippen LogP contribution in [0.2, 0.25) is 0 Å². The molecule has 1 heterocycles. The van der Waals surface area contributed by atoms with Gasteiger partial charge in [-0.3, -0.25) is 4.79 Å². The van der Waals surface area contributed by atoms with Crippen LogP contribution in [0.3, 0.4) is 0 Å². The van der Waals surface area contributed by atoms with E-state index in [1.807, 2.05) is 0 Å². The van der Waals surface area contributed by atoms with Crippen molar-refractivity contribution in [3.05, 3.63) is 23.5 Å². The fourth-order valence-corrected chi connectivity index (χ4v) is 1.40. The second-order valence-corrected chi connectivity index (χ2v) is 3.42. The summed E-state index contributed by atoms with van der Waals surface area (Å²) in [5.41, 5.74) is 0.795. The summed E-state index contributed by atoms with van der Waals surface area (Å²) in [7, 11) is 0. The summed E-state index contributed by atoms with van der Waals surface area (Å²) in [6, 6.07) is 1.48. The van der Waals surface area contributed by atoms with Gasteiger partial charge in [0.1, 0.15) is 6.54 Å². The largest absolute Gasteiger partial charge is 0.406 e. The van der Waals surface area contributed by atoms with Gasteiger partial charge in [-0.05, 0) is 18.6 Å². The van der Waals surface area contributed by atoms with Crippen LogP contribution in [0.5, 0.6) is 0 Å². The summed E-state index contributed by atoms with van der Waals surface area (Å²) in [4.78, 5) is 11.3. The van der Waals surface area contributed by atoms with E-state index in [9.17, 15) is 18.0 Å². The van der Waals surface area contributed by atoms with E-state index in [4.69, 9.17) is 0 Å². The van der Waals surface area contributed by atoms with Crippen LogP contribution in [0, 0.1) is 6.92 Å². The molecule has 0 atom stereocenters. The Morgan fingerprint density at radius 2 is 2.07 bits per heavy atom. The Bertz CT molecular complexity index is 365. The van der Waals surface area contributed by atoms with Crippen molar-refractivity contribution in [1.82, 2.24) is 4.57 Å². The Morgan fingerprint density at radius 3 is 2.53 bits per heavy atom. The number of alkyl halides is 3. The SMILES string of the molecule is CCC(=O)c1cc(C)cn1CC(F)(F)F. The average molecular weight is 219 g/mol. The third kappa shape index (κ3) is 3.11. The molecule has 0 bridgehead atoms. The lowest BCUT2D eigenvalue weighted by atomic mass is 10.2. The number of aromatic nitrogens is 1. The number of carbonyl (C=O) groups is 1. The van der Waals surface area contributed by atoms with Crippen LogP contribution in [0.15, 0.2) is 12.3 Å². The molecule has 0 saturated carbocycles. The number of halogens is 3. The second kappa shape index (κ2) is 4.08. The highest BCUT2D eigenvalue weighted by molar-refractivity contribution is 5.94. The Kier molecular flexibility index (Phi) is 3.21. The monoisotopic (exact) mass is 219 g/mol. The van der Waals surface area contributed by atoms with E-state index in [2.05, 4.69) is 0 Å². The molecule has 15 heavy (non-hydrogen) atoms. The molecule has 0 aromatic carbocycles. The maximum absolute atomic E-state index is 12.2. The topological polar surface area (TPSA) is 22.0 Å². The highest BCUT2D eigenvalue weighted by Gasteiger charge is 2.29. The standard InChI is InChI=1S/C10H12F3NO/c1-3-9(15)8-4-7(2)5-14(8)6-10(11,12)13/h4-5H,3,6H2,1-2H3. The molecule has 1 aromatic heterocycles. The van der Waals surface area contributed by atoms with Crippen LogP contribution in [-0.4, -0.2) is 16.5 Å². The van der Waals surface area contributed by atoms with Gasteiger partial charge in [-0.15, -0.1) is 0 Å². The average Bonchev–Trinajstić information content (AvgIpc) is 2.42. The third-order valence-corrected chi connectivity index (χ3v) is 1.99.